The zero-order chi connectivity index (χ0) is 15.4. The number of carbonyl (C=O) groups is 1. The second-order valence-electron chi connectivity index (χ2n) is 4.31. The minimum Gasteiger partial charge on any atom is -0.465 e. The van der Waals surface area contributed by atoms with Crippen LogP contribution < -0.4 is 10.6 Å². The van der Waals surface area contributed by atoms with Crippen molar-refractivity contribution in [3.8, 4) is 0 Å². The van der Waals surface area contributed by atoms with Gasteiger partial charge in [-0.15, -0.1) is 0 Å². The molecule has 0 bridgehead atoms. The van der Waals surface area contributed by atoms with E-state index in [2.05, 4.69) is 4.98 Å². The van der Waals surface area contributed by atoms with Crippen LogP contribution in [0.4, 0.5) is 21.6 Å². The maximum Gasteiger partial charge on any atom is 0.340 e. The van der Waals surface area contributed by atoms with E-state index in [0.29, 0.717) is 12.4 Å². The molecule has 0 radical (unpaired) electrons. The predicted octanol–water partition coefficient (Wildman–Crippen LogP) is 2.75. The lowest BCUT2D eigenvalue weighted by Crippen LogP contribution is -2.20. The molecule has 21 heavy (non-hydrogen) atoms. The van der Waals surface area contributed by atoms with Crippen LogP contribution in [0.5, 0.6) is 0 Å². The van der Waals surface area contributed by atoms with E-state index < -0.39 is 5.97 Å². The number of rotatable bonds is 4. The van der Waals surface area contributed by atoms with Gasteiger partial charge in [-0.2, -0.15) is 0 Å². The second kappa shape index (κ2) is 6.21. The van der Waals surface area contributed by atoms with E-state index in [9.17, 15) is 9.18 Å². The highest BCUT2D eigenvalue weighted by Crippen LogP contribution is 2.30. The van der Waals surface area contributed by atoms with Crippen molar-refractivity contribution in [2.45, 2.75) is 6.92 Å². The van der Waals surface area contributed by atoms with Crippen molar-refractivity contribution in [1.82, 2.24) is 4.98 Å². The van der Waals surface area contributed by atoms with Gasteiger partial charge >= 0.3 is 5.97 Å². The smallest absolute Gasteiger partial charge is 0.340 e. The summed E-state index contributed by atoms with van der Waals surface area (Å²) in [5.41, 5.74) is 7.25. The molecule has 6 heteroatoms. The van der Waals surface area contributed by atoms with Crippen molar-refractivity contribution in [3.63, 3.8) is 0 Å². The van der Waals surface area contributed by atoms with Gasteiger partial charge in [-0.3, -0.25) is 0 Å². The number of nitrogen functional groups attached to an aromatic ring is 1. The summed E-state index contributed by atoms with van der Waals surface area (Å²) in [7, 11) is 1.29. The van der Waals surface area contributed by atoms with Gasteiger partial charge in [-0.05, 0) is 37.3 Å². The van der Waals surface area contributed by atoms with Gasteiger partial charge in [-0.1, -0.05) is 0 Å². The predicted molar refractivity (Wildman–Crippen MR) is 79.1 cm³/mol. The molecule has 1 aromatic carbocycles. The Morgan fingerprint density at radius 2 is 2.00 bits per heavy atom. The number of benzene rings is 1. The Morgan fingerprint density at radius 3 is 2.57 bits per heavy atom. The summed E-state index contributed by atoms with van der Waals surface area (Å²) in [5.74, 6) is -0.405. The van der Waals surface area contributed by atoms with Crippen molar-refractivity contribution in [1.29, 1.82) is 0 Å². The second-order valence-corrected chi connectivity index (χ2v) is 4.31. The van der Waals surface area contributed by atoms with E-state index in [1.165, 1.54) is 31.5 Å². The van der Waals surface area contributed by atoms with Gasteiger partial charge in [0.05, 0.1) is 18.4 Å². The van der Waals surface area contributed by atoms with Gasteiger partial charge < -0.3 is 15.4 Å². The summed E-state index contributed by atoms with van der Waals surface area (Å²) >= 11 is 0. The molecule has 0 spiro atoms. The van der Waals surface area contributed by atoms with Gasteiger partial charge in [0.2, 0.25) is 0 Å². The van der Waals surface area contributed by atoms with Gasteiger partial charge in [0.1, 0.15) is 5.82 Å². The molecule has 0 amide bonds. The van der Waals surface area contributed by atoms with E-state index in [1.54, 1.807) is 17.0 Å². The fourth-order valence-electron chi connectivity index (χ4n) is 2.04. The van der Waals surface area contributed by atoms with E-state index in [-0.39, 0.29) is 17.1 Å². The first-order chi connectivity index (χ1) is 10.1. The number of esters is 1. The Labute approximate surface area is 122 Å². The lowest BCUT2D eigenvalue weighted by molar-refractivity contribution is 0.0602. The van der Waals surface area contributed by atoms with Crippen LogP contribution in [0.3, 0.4) is 0 Å². The third-order valence-corrected chi connectivity index (χ3v) is 3.08. The Morgan fingerprint density at radius 1 is 1.33 bits per heavy atom. The van der Waals surface area contributed by atoms with Crippen molar-refractivity contribution in [2.24, 2.45) is 0 Å². The van der Waals surface area contributed by atoms with Crippen LogP contribution in [0.2, 0.25) is 0 Å². The fraction of sp³-hybridized carbons (Fsp3) is 0.200. The number of carbonyl (C=O) groups excluding carboxylic acids is 1. The maximum atomic E-state index is 13.0. The van der Waals surface area contributed by atoms with E-state index in [0.717, 1.165) is 5.69 Å². The monoisotopic (exact) mass is 289 g/mol. The first-order valence-corrected chi connectivity index (χ1v) is 6.44. The van der Waals surface area contributed by atoms with Crippen LogP contribution in [0.15, 0.2) is 36.5 Å². The maximum absolute atomic E-state index is 13.0. The molecule has 0 aliphatic heterocycles. The standard InChI is InChI=1S/C15H16FN3O2/c1-3-19(11-6-4-10(16)5-7-11)14-13(17)12(8-9-18-14)15(20)21-2/h4-9H,3,17H2,1-2H3. The summed E-state index contributed by atoms with van der Waals surface area (Å²) in [6.45, 7) is 2.47. The molecule has 5 nitrogen and oxygen atoms in total. The lowest BCUT2D eigenvalue weighted by atomic mass is 10.2. The quantitative estimate of drug-likeness (QED) is 0.876. The highest BCUT2D eigenvalue weighted by Gasteiger charge is 2.18. The molecule has 2 aromatic rings. The van der Waals surface area contributed by atoms with Crippen LogP contribution in [0, 0.1) is 5.82 Å². The number of nitrogens with two attached hydrogens (primary N) is 1. The highest BCUT2D eigenvalue weighted by atomic mass is 19.1. The normalized spacial score (nSPS) is 10.2. The Bertz CT molecular complexity index is 644. The first-order valence-electron chi connectivity index (χ1n) is 6.44. The molecule has 110 valence electrons. The summed E-state index contributed by atoms with van der Waals surface area (Å²) in [6.07, 6.45) is 1.49. The summed E-state index contributed by atoms with van der Waals surface area (Å²) in [6, 6.07) is 7.48. The van der Waals surface area contributed by atoms with E-state index >= 15 is 0 Å². The first kappa shape index (κ1) is 14.8. The summed E-state index contributed by atoms with van der Waals surface area (Å²) < 4.78 is 17.7. The molecule has 2 N–H and O–H groups in total. The number of hydrogen-bond acceptors (Lipinski definition) is 5. The van der Waals surface area contributed by atoms with Crippen LogP contribution in [-0.2, 0) is 4.74 Å². The van der Waals surface area contributed by atoms with Crippen LogP contribution in [0.1, 0.15) is 17.3 Å². The Hall–Kier alpha value is -2.63. The average molecular weight is 289 g/mol. The number of pyridine rings is 1. The molecule has 1 heterocycles. The highest BCUT2D eigenvalue weighted by molar-refractivity contribution is 5.98. The minimum atomic E-state index is -0.522. The number of aromatic nitrogens is 1. The molecule has 0 saturated heterocycles. The molecule has 0 aliphatic carbocycles. The van der Waals surface area contributed by atoms with Crippen molar-refractivity contribution in [3.05, 3.63) is 47.9 Å². The van der Waals surface area contributed by atoms with Gasteiger partial charge in [0.15, 0.2) is 5.82 Å². The van der Waals surface area contributed by atoms with Gasteiger partial charge in [-0.25, -0.2) is 14.2 Å². The number of halogens is 1. The number of anilines is 3. The lowest BCUT2D eigenvalue weighted by Gasteiger charge is -2.24. The summed E-state index contributed by atoms with van der Waals surface area (Å²) in [5, 5.41) is 0. The number of nitrogens with zero attached hydrogens (tertiary/aromatic N) is 2. The number of hydrogen-bond donors (Lipinski definition) is 1. The topological polar surface area (TPSA) is 68.5 Å². The van der Waals surface area contributed by atoms with Crippen molar-refractivity contribution in [2.75, 3.05) is 24.3 Å². The fourth-order valence-corrected chi connectivity index (χ4v) is 2.04. The van der Waals surface area contributed by atoms with E-state index in [4.69, 9.17) is 10.5 Å². The zero-order valence-electron chi connectivity index (χ0n) is 11.8. The molecular weight excluding hydrogens is 273 g/mol. The third-order valence-electron chi connectivity index (χ3n) is 3.08. The molecule has 0 saturated carbocycles. The molecule has 0 aliphatic rings. The SMILES string of the molecule is CCN(c1ccc(F)cc1)c1nccc(C(=O)OC)c1N. The summed E-state index contributed by atoms with van der Waals surface area (Å²) in [4.78, 5) is 17.7. The molecular formula is C15H16FN3O2. The van der Waals surface area contributed by atoms with Crippen LogP contribution >= 0.6 is 0 Å². The Kier molecular flexibility index (Phi) is 4.37. The van der Waals surface area contributed by atoms with Crippen molar-refractivity contribution >= 4 is 23.2 Å². The number of methoxy groups -OCH3 is 1. The van der Waals surface area contributed by atoms with Crippen LogP contribution in [-0.4, -0.2) is 24.6 Å². The average Bonchev–Trinajstić information content (AvgIpc) is 2.50. The number of ether oxygens (including phenoxy) is 1. The molecule has 0 fully saturated rings. The molecule has 0 atom stereocenters. The third kappa shape index (κ3) is 2.94. The molecule has 2 rings (SSSR count). The van der Waals surface area contributed by atoms with Gasteiger partial charge in [0, 0.05) is 18.4 Å². The van der Waals surface area contributed by atoms with E-state index in [1.807, 2.05) is 6.92 Å². The molecule has 0 unspecified atom stereocenters. The van der Waals surface area contributed by atoms with Gasteiger partial charge in [0.25, 0.3) is 0 Å². The molecule has 1 aromatic heterocycles. The Balaban J connectivity index is 2.48. The largest absolute Gasteiger partial charge is 0.465 e. The van der Waals surface area contributed by atoms with Crippen LogP contribution in [0.25, 0.3) is 0 Å². The minimum absolute atomic E-state index is 0.232. The van der Waals surface area contributed by atoms with Crippen molar-refractivity contribution < 1.29 is 13.9 Å². The zero-order valence-corrected chi connectivity index (χ0v) is 11.8.